The van der Waals surface area contributed by atoms with Crippen LogP contribution in [0.1, 0.15) is 25.7 Å². The number of rotatable bonds is 2. The summed E-state index contributed by atoms with van der Waals surface area (Å²) >= 11 is 0. The summed E-state index contributed by atoms with van der Waals surface area (Å²) in [6, 6.07) is 0. The lowest BCUT2D eigenvalue weighted by molar-refractivity contribution is -0.568. The van der Waals surface area contributed by atoms with E-state index in [2.05, 4.69) is 4.74 Å². The molecule has 17 heavy (non-hydrogen) atoms. The van der Waals surface area contributed by atoms with E-state index in [1.165, 1.54) is 13.2 Å². The maximum Gasteiger partial charge on any atom is 0.330 e. The average molecular weight is 241 g/mol. The number of nitrogens with zero attached hydrogens (tertiary/aromatic N) is 1. The highest BCUT2D eigenvalue weighted by molar-refractivity contribution is 5.83. The van der Waals surface area contributed by atoms with Gasteiger partial charge in [-0.15, -0.1) is 0 Å². The third-order valence-corrected chi connectivity index (χ3v) is 3.62. The SMILES string of the molecule is COC(=O)/C=C1/CO[C@H]2CCCC[C@@]12[N+](=O)[O-]. The van der Waals surface area contributed by atoms with Crippen molar-refractivity contribution in [2.75, 3.05) is 13.7 Å². The van der Waals surface area contributed by atoms with E-state index in [1.54, 1.807) is 0 Å². The maximum atomic E-state index is 11.4. The molecule has 1 aliphatic carbocycles. The fourth-order valence-corrected chi connectivity index (χ4v) is 2.72. The topological polar surface area (TPSA) is 78.7 Å². The molecule has 0 amide bonds. The van der Waals surface area contributed by atoms with E-state index in [1.807, 2.05) is 0 Å². The molecule has 0 aromatic heterocycles. The minimum Gasteiger partial charge on any atom is -0.466 e. The minimum atomic E-state index is -1.20. The first kappa shape index (κ1) is 12.0. The quantitative estimate of drug-likeness (QED) is 0.313. The van der Waals surface area contributed by atoms with Gasteiger partial charge in [0.1, 0.15) is 6.10 Å². The number of nitro groups is 1. The molecule has 2 aliphatic rings. The number of hydrogen-bond acceptors (Lipinski definition) is 5. The standard InChI is InChI=1S/C11H15NO5/c1-16-10(13)6-8-7-17-9-4-2-3-5-11(8,9)12(14)15/h6,9H,2-5,7H2,1H3/b8-6-/t9-,11+/m0/s1. The number of esters is 1. The normalized spacial score (nSPS) is 34.4. The van der Waals surface area contributed by atoms with Crippen molar-refractivity contribution >= 4 is 5.97 Å². The van der Waals surface area contributed by atoms with E-state index in [9.17, 15) is 14.9 Å². The van der Waals surface area contributed by atoms with Crippen molar-refractivity contribution in [3.05, 3.63) is 21.8 Å². The number of hydrogen-bond donors (Lipinski definition) is 0. The van der Waals surface area contributed by atoms with Gasteiger partial charge >= 0.3 is 5.97 Å². The molecule has 0 spiro atoms. The van der Waals surface area contributed by atoms with Crippen molar-refractivity contribution in [2.24, 2.45) is 0 Å². The molecule has 1 saturated heterocycles. The van der Waals surface area contributed by atoms with E-state index in [-0.39, 0.29) is 11.5 Å². The molecule has 1 aliphatic heterocycles. The van der Waals surface area contributed by atoms with Gasteiger partial charge in [0.15, 0.2) is 0 Å². The summed E-state index contributed by atoms with van der Waals surface area (Å²) in [5, 5.41) is 11.4. The maximum absolute atomic E-state index is 11.4. The molecule has 6 nitrogen and oxygen atoms in total. The zero-order valence-corrected chi connectivity index (χ0v) is 9.68. The van der Waals surface area contributed by atoms with Gasteiger partial charge in [-0.2, -0.15) is 0 Å². The molecule has 0 N–H and O–H groups in total. The first-order valence-electron chi connectivity index (χ1n) is 5.66. The fraction of sp³-hybridized carbons (Fsp3) is 0.727. The van der Waals surface area contributed by atoms with Gasteiger partial charge in [-0.05, 0) is 12.8 Å². The summed E-state index contributed by atoms with van der Waals surface area (Å²) in [5.41, 5.74) is -0.758. The molecule has 0 radical (unpaired) electrons. The predicted molar refractivity (Wildman–Crippen MR) is 58.0 cm³/mol. The van der Waals surface area contributed by atoms with Crippen molar-refractivity contribution in [2.45, 2.75) is 37.3 Å². The van der Waals surface area contributed by atoms with Gasteiger partial charge in [0.25, 0.3) is 5.54 Å². The highest BCUT2D eigenvalue weighted by Gasteiger charge is 2.59. The second-order valence-electron chi connectivity index (χ2n) is 4.42. The lowest BCUT2D eigenvalue weighted by Gasteiger charge is -2.30. The Morgan fingerprint density at radius 2 is 2.41 bits per heavy atom. The first-order valence-corrected chi connectivity index (χ1v) is 5.66. The van der Waals surface area contributed by atoms with Crippen molar-refractivity contribution in [3.63, 3.8) is 0 Å². The Morgan fingerprint density at radius 1 is 1.65 bits per heavy atom. The average Bonchev–Trinajstić information content (AvgIpc) is 2.69. The summed E-state index contributed by atoms with van der Waals surface area (Å²) < 4.78 is 9.98. The molecular formula is C11H15NO5. The predicted octanol–water partition coefficient (Wildman–Crippen LogP) is 1.07. The lowest BCUT2D eigenvalue weighted by atomic mass is 9.76. The third-order valence-electron chi connectivity index (χ3n) is 3.62. The highest BCUT2D eigenvalue weighted by Crippen LogP contribution is 2.43. The second-order valence-corrected chi connectivity index (χ2v) is 4.42. The number of ether oxygens (including phenoxy) is 2. The summed E-state index contributed by atoms with van der Waals surface area (Å²) in [7, 11) is 1.26. The molecule has 0 unspecified atom stereocenters. The van der Waals surface area contributed by atoms with Gasteiger partial charge in [0.2, 0.25) is 0 Å². The first-order chi connectivity index (χ1) is 8.11. The van der Waals surface area contributed by atoms with Gasteiger partial charge in [0, 0.05) is 23.0 Å². The van der Waals surface area contributed by atoms with Crippen LogP contribution in [-0.2, 0) is 14.3 Å². The van der Waals surface area contributed by atoms with Crippen LogP contribution in [-0.4, -0.2) is 36.3 Å². The molecule has 1 saturated carbocycles. The molecule has 94 valence electrons. The van der Waals surface area contributed by atoms with Crippen LogP contribution in [0.4, 0.5) is 0 Å². The van der Waals surface area contributed by atoms with Crippen molar-refractivity contribution in [1.29, 1.82) is 0 Å². The van der Waals surface area contributed by atoms with Crippen LogP contribution in [0.3, 0.4) is 0 Å². The van der Waals surface area contributed by atoms with Crippen LogP contribution in [0, 0.1) is 10.1 Å². The minimum absolute atomic E-state index is 0.154. The summed E-state index contributed by atoms with van der Waals surface area (Å²) in [6.45, 7) is 0.154. The smallest absolute Gasteiger partial charge is 0.330 e. The van der Waals surface area contributed by atoms with Crippen LogP contribution in [0.2, 0.25) is 0 Å². The highest BCUT2D eigenvalue weighted by atomic mass is 16.6. The Hall–Kier alpha value is -1.43. The molecule has 0 aromatic carbocycles. The monoisotopic (exact) mass is 241 g/mol. The molecule has 2 atom stereocenters. The Bertz CT molecular complexity index is 378. The molecule has 2 fully saturated rings. The Kier molecular flexibility index (Phi) is 3.15. The lowest BCUT2D eigenvalue weighted by Crippen LogP contribution is -2.49. The Labute approximate surface area is 98.7 Å². The van der Waals surface area contributed by atoms with Crippen LogP contribution in [0.25, 0.3) is 0 Å². The van der Waals surface area contributed by atoms with E-state index >= 15 is 0 Å². The molecule has 0 aromatic rings. The molecule has 1 heterocycles. The van der Waals surface area contributed by atoms with Gasteiger partial charge in [-0.25, -0.2) is 4.79 Å². The number of fused-ring (bicyclic) bond motifs is 1. The van der Waals surface area contributed by atoms with Gasteiger partial charge in [-0.1, -0.05) is 6.42 Å². The zero-order chi connectivity index (χ0) is 12.5. The van der Waals surface area contributed by atoms with E-state index in [4.69, 9.17) is 4.74 Å². The number of carbonyl (C=O) groups is 1. The second kappa shape index (κ2) is 4.44. The Balaban J connectivity index is 2.37. The van der Waals surface area contributed by atoms with Gasteiger partial charge in [0.05, 0.1) is 13.7 Å². The van der Waals surface area contributed by atoms with Crippen LogP contribution in [0.15, 0.2) is 11.6 Å². The summed E-state index contributed by atoms with van der Waals surface area (Å²) in [6.07, 6.45) is 3.66. The summed E-state index contributed by atoms with van der Waals surface area (Å²) in [5.74, 6) is -0.559. The van der Waals surface area contributed by atoms with E-state index in [0.717, 1.165) is 12.8 Å². The van der Waals surface area contributed by atoms with Gasteiger partial charge in [-0.3, -0.25) is 10.1 Å². The van der Waals surface area contributed by atoms with Crippen molar-refractivity contribution in [3.8, 4) is 0 Å². The fourth-order valence-electron chi connectivity index (χ4n) is 2.72. The van der Waals surface area contributed by atoms with Crippen LogP contribution < -0.4 is 0 Å². The molecular weight excluding hydrogens is 226 g/mol. The number of carbonyl (C=O) groups excluding carboxylic acids is 1. The molecule has 2 rings (SSSR count). The molecule has 0 bridgehead atoms. The Morgan fingerprint density at radius 3 is 3.06 bits per heavy atom. The van der Waals surface area contributed by atoms with Crippen molar-refractivity contribution in [1.82, 2.24) is 0 Å². The van der Waals surface area contributed by atoms with Crippen molar-refractivity contribution < 1.29 is 19.2 Å². The van der Waals surface area contributed by atoms with Gasteiger partial charge < -0.3 is 9.47 Å². The van der Waals surface area contributed by atoms with Crippen LogP contribution in [0.5, 0.6) is 0 Å². The zero-order valence-electron chi connectivity index (χ0n) is 9.68. The van der Waals surface area contributed by atoms with E-state index < -0.39 is 17.6 Å². The number of methoxy groups -OCH3 is 1. The van der Waals surface area contributed by atoms with Crippen LogP contribution >= 0.6 is 0 Å². The third kappa shape index (κ3) is 1.82. The largest absolute Gasteiger partial charge is 0.466 e. The molecule has 6 heteroatoms. The summed E-state index contributed by atoms with van der Waals surface area (Å²) in [4.78, 5) is 22.3. The van der Waals surface area contributed by atoms with E-state index in [0.29, 0.717) is 18.4 Å².